The summed E-state index contributed by atoms with van der Waals surface area (Å²) in [6.45, 7) is 1.52. The fourth-order valence-corrected chi connectivity index (χ4v) is 4.55. The van der Waals surface area contributed by atoms with E-state index in [0.717, 1.165) is 36.8 Å². The van der Waals surface area contributed by atoms with Gasteiger partial charge in [0.2, 0.25) is 18.0 Å². The van der Waals surface area contributed by atoms with Gasteiger partial charge in [-0.15, -0.1) is 0 Å². The van der Waals surface area contributed by atoms with Crippen molar-refractivity contribution in [2.45, 2.75) is 50.9 Å². The number of hydrogen-bond acceptors (Lipinski definition) is 5. The Bertz CT molecular complexity index is 1090. The van der Waals surface area contributed by atoms with E-state index in [1.807, 2.05) is 54.6 Å². The number of carbonyl (C=O) groups excluding carboxylic acids is 3. The summed E-state index contributed by atoms with van der Waals surface area (Å²) in [6, 6.07) is 16.0. The Morgan fingerprint density at radius 3 is 2.38 bits per heavy atom. The number of aliphatic hydroxyl groups is 1. The van der Waals surface area contributed by atoms with Gasteiger partial charge in [-0.05, 0) is 31.7 Å². The van der Waals surface area contributed by atoms with E-state index in [2.05, 4.69) is 15.6 Å². The minimum absolute atomic E-state index is 0.0797. The molecule has 4 rings (SSSR count). The minimum Gasteiger partial charge on any atom is -0.383 e. The number of benzodiazepines with no additional fused rings is 1. The zero-order chi connectivity index (χ0) is 24.2. The van der Waals surface area contributed by atoms with Crippen molar-refractivity contribution in [2.24, 2.45) is 10.9 Å². The van der Waals surface area contributed by atoms with Crippen LogP contribution in [0.5, 0.6) is 0 Å². The summed E-state index contributed by atoms with van der Waals surface area (Å²) in [5, 5.41) is 15.6. The molecule has 2 aromatic carbocycles. The number of aliphatic imine (C=N–C) groups is 1. The van der Waals surface area contributed by atoms with Gasteiger partial charge in [-0.1, -0.05) is 61.4 Å². The van der Waals surface area contributed by atoms with Gasteiger partial charge in [-0.25, -0.2) is 4.99 Å². The molecule has 8 nitrogen and oxygen atoms in total. The number of hydrogen-bond donors (Lipinski definition) is 3. The molecule has 0 aromatic heterocycles. The van der Waals surface area contributed by atoms with Crippen LogP contribution in [0, 0.1) is 5.92 Å². The summed E-state index contributed by atoms with van der Waals surface area (Å²) in [6.07, 6.45) is 1.28. The Morgan fingerprint density at radius 2 is 1.68 bits per heavy atom. The monoisotopic (exact) mass is 462 g/mol. The second-order valence-electron chi connectivity index (χ2n) is 8.89. The number of likely N-dealkylation sites (N-methyl/N-ethyl adjacent to an activating group) is 1. The van der Waals surface area contributed by atoms with Crippen molar-refractivity contribution in [3.8, 4) is 0 Å². The van der Waals surface area contributed by atoms with E-state index in [4.69, 9.17) is 0 Å². The van der Waals surface area contributed by atoms with Crippen LogP contribution in [-0.4, -0.2) is 53.9 Å². The minimum atomic E-state index is -1.17. The van der Waals surface area contributed by atoms with E-state index >= 15 is 0 Å². The van der Waals surface area contributed by atoms with Crippen LogP contribution in [0.4, 0.5) is 5.69 Å². The van der Waals surface area contributed by atoms with Crippen molar-refractivity contribution in [3.05, 3.63) is 65.7 Å². The fourth-order valence-electron chi connectivity index (χ4n) is 4.55. The van der Waals surface area contributed by atoms with Crippen LogP contribution < -0.4 is 15.5 Å². The number of benzene rings is 2. The molecule has 2 aromatic rings. The van der Waals surface area contributed by atoms with Crippen molar-refractivity contribution in [3.63, 3.8) is 0 Å². The average molecular weight is 463 g/mol. The predicted molar refractivity (Wildman–Crippen MR) is 129 cm³/mol. The first-order valence-corrected chi connectivity index (χ1v) is 11.7. The van der Waals surface area contributed by atoms with Gasteiger partial charge in [0.15, 0.2) is 0 Å². The first kappa shape index (κ1) is 23.6. The van der Waals surface area contributed by atoms with Gasteiger partial charge in [-0.3, -0.25) is 14.4 Å². The molecule has 0 saturated heterocycles. The maximum absolute atomic E-state index is 13.2. The lowest BCUT2D eigenvalue weighted by Gasteiger charge is -2.23. The Labute approximate surface area is 199 Å². The van der Waals surface area contributed by atoms with E-state index in [9.17, 15) is 19.5 Å². The highest BCUT2D eigenvalue weighted by molar-refractivity contribution is 6.20. The van der Waals surface area contributed by atoms with Crippen LogP contribution in [0.1, 0.15) is 43.7 Å². The summed E-state index contributed by atoms with van der Waals surface area (Å²) in [7, 11) is 1.65. The number of amides is 3. The van der Waals surface area contributed by atoms with E-state index in [-0.39, 0.29) is 5.92 Å². The number of fused-ring (bicyclic) bond motifs is 1. The number of anilines is 1. The highest BCUT2D eigenvalue weighted by atomic mass is 16.3. The molecule has 3 atom stereocenters. The Kier molecular flexibility index (Phi) is 7.07. The van der Waals surface area contributed by atoms with Gasteiger partial charge in [0, 0.05) is 18.2 Å². The topological polar surface area (TPSA) is 111 Å². The summed E-state index contributed by atoms with van der Waals surface area (Å²) in [4.78, 5) is 44.7. The Morgan fingerprint density at radius 1 is 1.03 bits per heavy atom. The third kappa shape index (κ3) is 4.87. The van der Waals surface area contributed by atoms with Gasteiger partial charge in [0.1, 0.15) is 12.1 Å². The second-order valence-corrected chi connectivity index (χ2v) is 8.89. The van der Waals surface area contributed by atoms with E-state index in [1.54, 1.807) is 7.05 Å². The third-order valence-electron chi connectivity index (χ3n) is 6.54. The zero-order valence-corrected chi connectivity index (χ0v) is 19.4. The maximum atomic E-state index is 13.2. The van der Waals surface area contributed by atoms with Crippen LogP contribution in [0.3, 0.4) is 0 Å². The van der Waals surface area contributed by atoms with E-state index < -0.39 is 36.0 Å². The number of rotatable bonds is 6. The fraction of sp³-hybridized carbons (Fsp3) is 0.385. The maximum Gasteiger partial charge on any atom is 0.272 e. The summed E-state index contributed by atoms with van der Waals surface area (Å²) in [5.41, 5.74) is 2.88. The quantitative estimate of drug-likeness (QED) is 0.610. The first-order chi connectivity index (χ1) is 16.4. The highest BCUT2D eigenvalue weighted by Crippen LogP contribution is 2.28. The van der Waals surface area contributed by atoms with Crippen molar-refractivity contribution in [1.82, 2.24) is 10.6 Å². The number of carbonyl (C=O) groups is 3. The molecule has 1 aliphatic heterocycles. The lowest BCUT2D eigenvalue weighted by molar-refractivity contribution is -0.136. The molecule has 3 amide bonds. The predicted octanol–water partition coefficient (Wildman–Crippen LogP) is 2.00. The van der Waals surface area contributed by atoms with Crippen LogP contribution in [0.15, 0.2) is 59.6 Å². The van der Waals surface area contributed by atoms with Crippen LogP contribution >= 0.6 is 0 Å². The van der Waals surface area contributed by atoms with Gasteiger partial charge in [0.25, 0.3) is 5.91 Å². The SMILES string of the molecule is C[C@H](NC(=O)C(O)C1CCCC1)C(=O)NC1N=C(c2ccccc2)c2ccccc2N(C)C1=O. The van der Waals surface area contributed by atoms with Gasteiger partial charge in [-0.2, -0.15) is 0 Å². The van der Waals surface area contributed by atoms with Gasteiger partial charge >= 0.3 is 0 Å². The standard InChI is InChI=1S/C26H30N4O4/c1-16(27-25(33)22(31)18-12-6-7-13-18)24(32)29-23-26(34)30(2)20-15-9-8-14-19(20)21(28-23)17-10-4-3-5-11-17/h3-5,8-11,14-16,18,22-23,31H,6-7,12-13H2,1-2H3,(H,27,33)(H,29,32)/t16-,22?,23?/m0/s1. The Hall–Kier alpha value is -3.52. The summed E-state index contributed by atoms with van der Waals surface area (Å²) in [5.74, 6) is -1.60. The van der Waals surface area contributed by atoms with Crippen LogP contribution in [0.2, 0.25) is 0 Å². The molecule has 34 heavy (non-hydrogen) atoms. The van der Waals surface area contributed by atoms with Crippen LogP contribution in [-0.2, 0) is 14.4 Å². The lowest BCUT2D eigenvalue weighted by Crippen LogP contribution is -2.54. The second kappa shape index (κ2) is 10.2. The van der Waals surface area contributed by atoms with Crippen LogP contribution in [0.25, 0.3) is 0 Å². The molecule has 0 bridgehead atoms. The summed E-state index contributed by atoms with van der Waals surface area (Å²) < 4.78 is 0. The average Bonchev–Trinajstić information content (AvgIpc) is 3.37. The smallest absolute Gasteiger partial charge is 0.272 e. The number of nitrogens with zero attached hydrogens (tertiary/aromatic N) is 2. The highest BCUT2D eigenvalue weighted by Gasteiger charge is 2.34. The van der Waals surface area contributed by atoms with E-state index in [0.29, 0.717) is 11.4 Å². The normalized spacial score (nSPS) is 20.1. The molecule has 2 aliphatic rings. The molecule has 0 spiro atoms. The Balaban J connectivity index is 1.55. The largest absolute Gasteiger partial charge is 0.383 e. The molecular formula is C26H30N4O4. The molecule has 1 heterocycles. The zero-order valence-electron chi connectivity index (χ0n) is 19.4. The number of aliphatic hydroxyl groups excluding tert-OH is 1. The first-order valence-electron chi connectivity index (χ1n) is 11.7. The molecule has 8 heteroatoms. The van der Waals surface area contributed by atoms with Crippen molar-refractivity contribution in [2.75, 3.05) is 11.9 Å². The van der Waals surface area contributed by atoms with E-state index in [1.165, 1.54) is 11.8 Å². The molecule has 2 unspecified atom stereocenters. The molecule has 1 fully saturated rings. The van der Waals surface area contributed by atoms with Crippen molar-refractivity contribution < 1.29 is 19.5 Å². The summed E-state index contributed by atoms with van der Waals surface area (Å²) >= 11 is 0. The molecule has 178 valence electrons. The van der Waals surface area contributed by atoms with Gasteiger partial charge in [0.05, 0.1) is 11.4 Å². The molecular weight excluding hydrogens is 432 g/mol. The van der Waals surface area contributed by atoms with Crippen molar-refractivity contribution >= 4 is 29.1 Å². The molecule has 1 saturated carbocycles. The third-order valence-corrected chi connectivity index (χ3v) is 6.54. The number of nitrogens with one attached hydrogen (secondary N) is 2. The molecule has 1 aliphatic carbocycles. The molecule has 0 radical (unpaired) electrons. The molecule has 3 N–H and O–H groups in total. The number of para-hydroxylation sites is 1. The lowest BCUT2D eigenvalue weighted by atomic mass is 10.00. The van der Waals surface area contributed by atoms with Crippen molar-refractivity contribution in [1.29, 1.82) is 0 Å². The van der Waals surface area contributed by atoms with Gasteiger partial charge < -0.3 is 20.6 Å².